The van der Waals surface area contributed by atoms with Crippen LogP contribution in [0.3, 0.4) is 0 Å². The van der Waals surface area contributed by atoms with Gasteiger partial charge in [0.1, 0.15) is 33.1 Å². The van der Waals surface area contributed by atoms with E-state index in [9.17, 15) is 0 Å². The Labute approximate surface area is 663 Å². The zero-order chi connectivity index (χ0) is 76.9. The summed E-state index contributed by atoms with van der Waals surface area (Å²) in [4.78, 5) is 69.6. The number of aromatic nitrogens is 12. The van der Waals surface area contributed by atoms with E-state index in [2.05, 4.69) is 260 Å². The Morgan fingerprint density at radius 2 is 0.272 bits per heavy atom. The number of unbranched alkanes of at least 4 members (excludes halogenated alkanes) is 6. The maximum absolute atomic E-state index is 5.96. The van der Waals surface area contributed by atoms with Crippen LogP contribution in [-0.2, 0) is 38.5 Å². The van der Waals surface area contributed by atoms with Crippen molar-refractivity contribution in [3.05, 3.63) is 252 Å². The predicted octanol–water partition coefficient (Wildman–Crippen LogP) is 26.3. The second-order valence-corrected chi connectivity index (χ2v) is 31.2. The molecule has 9 aromatic heterocycles. The van der Waals surface area contributed by atoms with Crippen molar-refractivity contribution in [2.45, 2.75) is 157 Å². The third-order valence-electron chi connectivity index (χ3n) is 23.3. The highest BCUT2D eigenvalue weighted by Crippen LogP contribution is 2.44. The molecule has 0 saturated carbocycles. The number of fused-ring (bicyclic) bond motifs is 24. The molecule has 0 amide bonds. The summed E-state index contributed by atoms with van der Waals surface area (Å²) in [7, 11) is 0. The average Bonchev–Trinajstić information content (AvgIpc) is 0.696. The molecule has 0 saturated heterocycles. The van der Waals surface area contributed by atoms with E-state index in [1.54, 1.807) is 0 Å². The first-order chi connectivity index (χ1) is 56.2. The summed E-state index contributed by atoms with van der Waals surface area (Å²) in [5, 5.41) is 4.83. The maximum atomic E-state index is 5.96. The third kappa shape index (κ3) is 13.3. The van der Waals surface area contributed by atoms with Crippen LogP contribution >= 0.6 is 0 Å². The summed E-state index contributed by atoms with van der Waals surface area (Å²) in [6.07, 6.45) is 19.8. The summed E-state index contributed by atoms with van der Waals surface area (Å²) in [6, 6.07) is 78.9. The lowest BCUT2D eigenvalue weighted by molar-refractivity contribution is 0.795. The van der Waals surface area contributed by atoms with Crippen LogP contribution in [0.15, 0.2) is 218 Å². The summed E-state index contributed by atoms with van der Waals surface area (Å²) >= 11 is 0. The lowest BCUT2D eigenvalue weighted by Gasteiger charge is -2.16. The molecule has 19 rings (SSSR count). The predicted molar refractivity (Wildman–Crippen MR) is 474 cm³/mol. The molecule has 0 aliphatic carbocycles. The number of hydrogen-bond acceptors (Lipinski definition) is 12. The number of pyridine rings is 6. The molecule has 0 spiro atoms. The van der Waals surface area contributed by atoms with Gasteiger partial charge in [0.25, 0.3) is 0 Å². The Kier molecular flexibility index (Phi) is 19.4. The highest BCUT2D eigenvalue weighted by molar-refractivity contribution is 6.30. The Morgan fingerprint density at radius 3 is 0.404 bits per heavy atom. The van der Waals surface area contributed by atoms with Crippen molar-refractivity contribution in [1.82, 2.24) is 59.8 Å². The Morgan fingerprint density at radius 1 is 0.140 bits per heavy atom. The molecule has 0 aliphatic rings. The Bertz CT molecular complexity index is 5830. The topological polar surface area (TPSA) is 155 Å². The smallest absolute Gasteiger partial charge is 0.120 e. The SMILES string of the molecule is CCCCc1ccc(-c2ccc3c(n2)c2nc(-c4ccc(CCCC)cc4)ccc2c2nc4c(nc32)c2nc3c5ccc(-c6ccc(CCCC)cc6)nc5c5nc(-c6ccc(CCCC)cc6)ccc5c3nc2c2nc3c5ccc(-c6ccc(CCCC)cc6)nc5c5nc(-c6ccc(CCCC)cc6)ccc5c3nc42)cc1. The van der Waals surface area contributed by atoms with Crippen molar-refractivity contribution >= 4 is 132 Å². The molecular weight excluding hydrogens is 1390 g/mol. The van der Waals surface area contributed by atoms with Gasteiger partial charge in [-0.15, -0.1) is 0 Å². The van der Waals surface area contributed by atoms with Crippen molar-refractivity contribution in [3.63, 3.8) is 0 Å². The van der Waals surface area contributed by atoms with E-state index >= 15 is 0 Å². The van der Waals surface area contributed by atoms with Crippen molar-refractivity contribution in [3.8, 4) is 67.5 Å². The third-order valence-corrected chi connectivity index (χ3v) is 23.3. The molecular formula is C102H90N12. The number of rotatable bonds is 24. The molecule has 10 aromatic carbocycles. The number of hydrogen-bond donors (Lipinski definition) is 0. The second kappa shape index (κ2) is 30.9. The first-order valence-corrected chi connectivity index (χ1v) is 41.6. The maximum Gasteiger partial charge on any atom is 0.120 e. The zero-order valence-corrected chi connectivity index (χ0v) is 65.9. The van der Waals surface area contributed by atoms with Crippen molar-refractivity contribution in [1.29, 1.82) is 0 Å². The van der Waals surface area contributed by atoms with Crippen molar-refractivity contribution in [2.75, 3.05) is 0 Å². The lowest BCUT2D eigenvalue weighted by atomic mass is 10.0. The van der Waals surface area contributed by atoms with E-state index in [4.69, 9.17) is 59.8 Å². The van der Waals surface area contributed by atoms with E-state index in [1.165, 1.54) is 33.4 Å². The average molecular weight is 1480 g/mol. The van der Waals surface area contributed by atoms with Crippen LogP contribution in [0.1, 0.15) is 152 Å². The van der Waals surface area contributed by atoms with Crippen molar-refractivity contribution in [2.24, 2.45) is 0 Å². The number of nitrogens with zero attached hydrogens (tertiary/aromatic N) is 12. The molecule has 0 unspecified atom stereocenters. The molecule has 0 fully saturated rings. The van der Waals surface area contributed by atoms with E-state index < -0.39 is 0 Å². The van der Waals surface area contributed by atoms with E-state index in [1.807, 2.05) is 0 Å². The molecule has 0 N–H and O–H groups in total. The molecule has 9 heterocycles. The van der Waals surface area contributed by atoms with Gasteiger partial charge in [-0.3, -0.25) is 0 Å². The fourth-order valence-electron chi connectivity index (χ4n) is 16.7. The van der Waals surface area contributed by atoms with Crippen LogP contribution in [-0.4, -0.2) is 59.8 Å². The fraction of sp³-hybridized carbons (Fsp3) is 0.235. The van der Waals surface area contributed by atoms with Gasteiger partial charge in [-0.05, 0) is 183 Å². The first-order valence-electron chi connectivity index (χ1n) is 41.6. The van der Waals surface area contributed by atoms with Gasteiger partial charge in [0, 0.05) is 65.7 Å². The summed E-state index contributed by atoms with van der Waals surface area (Å²) < 4.78 is 0. The minimum atomic E-state index is 0.518. The zero-order valence-electron chi connectivity index (χ0n) is 65.9. The van der Waals surface area contributed by atoms with Gasteiger partial charge in [-0.25, -0.2) is 59.8 Å². The lowest BCUT2D eigenvalue weighted by Crippen LogP contribution is -2.02. The number of benzene rings is 10. The molecule has 114 heavy (non-hydrogen) atoms. The largest absolute Gasteiger partial charge is 0.245 e. The van der Waals surface area contributed by atoms with Crippen LogP contribution in [0.2, 0.25) is 0 Å². The molecule has 0 atom stereocenters. The van der Waals surface area contributed by atoms with E-state index in [0.29, 0.717) is 66.2 Å². The van der Waals surface area contributed by atoms with Crippen LogP contribution in [0.4, 0.5) is 0 Å². The van der Waals surface area contributed by atoms with Crippen LogP contribution in [0, 0.1) is 0 Å². The van der Waals surface area contributed by atoms with Gasteiger partial charge >= 0.3 is 0 Å². The monoisotopic (exact) mass is 1480 g/mol. The summed E-state index contributed by atoms with van der Waals surface area (Å²) in [5.41, 5.74) is 30.4. The highest BCUT2D eigenvalue weighted by atomic mass is 14.9. The van der Waals surface area contributed by atoms with Gasteiger partial charge in [0.2, 0.25) is 0 Å². The molecule has 12 heteroatoms. The standard InChI is InChI=1S/C102H90N12/c1-7-13-19-61-25-37-67(38-26-61)79-55-49-73-85(103-79)86-74(50-56-80(104-86)68-39-27-62(28-40-68)20-14-8-2)92-91(73)109-97-98(110-92)100-102(114-96-78-54-60-84(72-47-35-66(36-48-72)24-18-12-6)108-90(78)89-77(95(96)112-100)53-59-83(107-89)71-45-33-65(34-46-71)23-17-11-5)101-99(97)111-93-75-51-57-81(69-41-29-63(30-42-69)21-15-9-3)105-87(75)88-76(94(93)113-101)52-58-82(106-88)70-43-31-64(32-44-70)22-16-10-4/h25-60H,7-24H2,1-6H3. The molecule has 0 radical (unpaired) electrons. The molecule has 12 nitrogen and oxygen atoms in total. The van der Waals surface area contributed by atoms with E-state index in [-0.39, 0.29) is 0 Å². The molecule has 0 aliphatic heterocycles. The molecule has 19 aromatic rings. The summed E-state index contributed by atoms with van der Waals surface area (Å²) in [5.74, 6) is 0. The van der Waals surface area contributed by atoms with Gasteiger partial charge in [-0.1, -0.05) is 226 Å². The fourth-order valence-corrected chi connectivity index (χ4v) is 16.7. The highest BCUT2D eigenvalue weighted by Gasteiger charge is 2.27. The van der Waals surface area contributed by atoms with Crippen LogP contribution in [0.25, 0.3) is 199 Å². The minimum absolute atomic E-state index is 0.518. The summed E-state index contributed by atoms with van der Waals surface area (Å²) in [6.45, 7) is 13.4. The van der Waals surface area contributed by atoms with Gasteiger partial charge < -0.3 is 0 Å². The first kappa shape index (κ1) is 71.8. The Hall–Kier alpha value is -12.5. The van der Waals surface area contributed by atoms with Gasteiger partial charge in [0.15, 0.2) is 0 Å². The van der Waals surface area contributed by atoms with E-state index in [0.717, 1.165) is 249 Å². The second-order valence-electron chi connectivity index (χ2n) is 31.2. The van der Waals surface area contributed by atoms with Crippen LogP contribution in [0.5, 0.6) is 0 Å². The quantitative estimate of drug-likeness (QED) is 0.0418. The number of aryl methyl sites for hydroxylation is 6. The van der Waals surface area contributed by atoms with Gasteiger partial charge in [-0.2, -0.15) is 0 Å². The normalized spacial score (nSPS) is 12.1. The Balaban J connectivity index is 0.918. The van der Waals surface area contributed by atoms with Crippen molar-refractivity contribution < 1.29 is 0 Å². The van der Waals surface area contributed by atoms with Gasteiger partial charge in [0.05, 0.1) is 100 Å². The molecule has 558 valence electrons. The van der Waals surface area contributed by atoms with Crippen LogP contribution < -0.4 is 0 Å². The minimum Gasteiger partial charge on any atom is -0.245 e. The molecule has 0 bridgehead atoms.